The van der Waals surface area contributed by atoms with Crippen LogP contribution in [0.5, 0.6) is 0 Å². The topological polar surface area (TPSA) is 49.3 Å². The minimum absolute atomic E-state index is 0.762. The molecule has 22 heavy (non-hydrogen) atoms. The molecule has 0 saturated heterocycles. The van der Waals surface area contributed by atoms with Crippen LogP contribution in [0.2, 0.25) is 0 Å². The molecule has 0 aliphatic rings. The van der Waals surface area contributed by atoms with Crippen LogP contribution < -0.4 is 10.6 Å². The minimum Gasteiger partial charge on any atom is -0.356 e. The van der Waals surface area contributed by atoms with Gasteiger partial charge in [-0.3, -0.25) is 9.98 Å². The van der Waals surface area contributed by atoms with Gasteiger partial charge in [0.05, 0.1) is 0 Å². The van der Waals surface area contributed by atoms with Crippen molar-refractivity contribution in [3.8, 4) is 0 Å². The van der Waals surface area contributed by atoms with Crippen molar-refractivity contribution >= 4 is 17.7 Å². The lowest BCUT2D eigenvalue weighted by Crippen LogP contribution is -2.37. The van der Waals surface area contributed by atoms with E-state index in [4.69, 9.17) is 0 Å². The van der Waals surface area contributed by atoms with Crippen LogP contribution in [0, 0.1) is 0 Å². The summed E-state index contributed by atoms with van der Waals surface area (Å²) >= 11 is 1.75. The first-order valence-corrected chi connectivity index (χ1v) is 8.51. The van der Waals surface area contributed by atoms with Gasteiger partial charge < -0.3 is 10.6 Å². The van der Waals surface area contributed by atoms with Crippen LogP contribution in [0.25, 0.3) is 0 Å². The molecule has 1 heterocycles. The van der Waals surface area contributed by atoms with E-state index in [1.807, 2.05) is 24.4 Å². The molecule has 1 aromatic carbocycles. The first-order chi connectivity index (χ1) is 10.8. The van der Waals surface area contributed by atoms with Crippen LogP contribution in [-0.4, -0.2) is 30.8 Å². The van der Waals surface area contributed by atoms with E-state index in [0.717, 1.165) is 31.2 Å². The van der Waals surface area contributed by atoms with Crippen molar-refractivity contribution in [3.05, 3.63) is 59.9 Å². The summed E-state index contributed by atoms with van der Waals surface area (Å²) in [5.74, 6) is 0.810. The molecule has 0 spiro atoms. The second-order valence-corrected chi connectivity index (χ2v) is 5.65. The first kappa shape index (κ1) is 16.4. The summed E-state index contributed by atoms with van der Waals surface area (Å²) in [4.78, 5) is 9.83. The Hall–Kier alpha value is -2.01. The van der Waals surface area contributed by atoms with E-state index < -0.39 is 0 Å². The van der Waals surface area contributed by atoms with Gasteiger partial charge in [-0.25, -0.2) is 0 Å². The molecule has 1 aromatic heterocycles. The standard InChI is InChI=1S/C17H22N4S/c1-18-17(20-12-10-15-5-3-4-11-19-15)21-13-14-6-8-16(22-2)9-7-14/h3-9,11H,10,12-13H2,1-2H3,(H2,18,20,21). The Morgan fingerprint density at radius 3 is 2.59 bits per heavy atom. The Balaban J connectivity index is 1.75. The van der Waals surface area contributed by atoms with Crippen LogP contribution in [0.4, 0.5) is 0 Å². The van der Waals surface area contributed by atoms with Crippen molar-refractivity contribution in [2.24, 2.45) is 4.99 Å². The largest absolute Gasteiger partial charge is 0.356 e. The van der Waals surface area contributed by atoms with Gasteiger partial charge in [0.2, 0.25) is 0 Å². The zero-order valence-electron chi connectivity index (χ0n) is 13.0. The molecule has 5 heteroatoms. The van der Waals surface area contributed by atoms with Gasteiger partial charge in [0, 0.05) is 43.3 Å². The number of thioether (sulfide) groups is 1. The Bertz CT molecular complexity index is 581. The van der Waals surface area contributed by atoms with Crippen molar-refractivity contribution in [1.29, 1.82) is 0 Å². The summed E-state index contributed by atoms with van der Waals surface area (Å²) in [5, 5.41) is 6.63. The molecule has 4 nitrogen and oxygen atoms in total. The molecular weight excluding hydrogens is 292 g/mol. The number of nitrogens with zero attached hydrogens (tertiary/aromatic N) is 2. The Morgan fingerprint density at radius 2 is 1.95 bits per heavy atom. The van der Waals surface area contributed by atoms with E-state index >= 15 is 0 Å². The lowest BCUT2D eigenvalue weighted by molar-refractivity contribution is 0.784. The van der Waals surface area contributed by atoms with Crippen LogP contribution in [-0.2, 0) is 13.0 Å². The molecule has 0 amide bonds. The smallest absolute Gasteiger partial charge is 0.191 e. The first-order valence-electron chi connectivity index (χ1n) is 7.29. The average molecular weight is 314 g/mol. The molecule has 2 rings (SSSR count). The zero-order valence-corrected chi connectivity index (χ0v) is 13.9. The molecule has 2 aromatic rings. The van der Waals surface area contributed by atoms with E-state index in [-0.39, 0.29) is 0 Å². The highest BCUT2D eigenvalue weighted by Crippen LogP contribution is 2.14. The molecular formula is C17H22N4S. The van der Waals surface area contributed by atoms with Crippen molar-refractivity contribution in [2.75, 3.05) is 19.8 Å². The predicted molar refractivity (Wildman–Crippen MR) is 94.4 cm³/mol. The Kier molecular flexibility index (Phi) is 6.77. The summed E-state index contributed by atoms with van der Waals surface area (Å²) in [6.07, 6.45) is 4.78. The molecule has 0 aliphatic heterocycles. The van der Waals surface area contributed by atoms with Gasteiger partial charge in [-0.2, -0.15) is 0 Å². The summed E-state index contributed by atoms with van der Waals surface area (Å²) in [5.41, 5.74) is 2.32. The number of guanidine groups is 1. The van der Waals surface area contributed by atoms with E-state index in [1.165, 1.54) is 10.5 Å². The zero-order chi connectivity index (χ0) is 15.6. The number of pyridine rings is 1. The molecule has 0 aliphatic carbocycles. The fourth-order valence-corrected chi connectivity index (χ4v) is 2.41. The number of aromatic nitrogens is 1. The van der Waals surface area contributed by atoms with Gasteiger partial charge in [0.1, 0.15) is 0 Å². The molecule has 0 bridgehead atoms. The lowest BCUT2D eigenvalue weighted by Gasteiger charge is -2.12. The quantitative estimate of drug-likeness (QED) is 0.489. The number of hydrogen-bond donors (Lipinski definition) is 2. The maximum absolute atomic E-state index is 4.31. The Labute approximate surface area is 136 Å². The molecule has 0 saturated carbocycles. The summed E-state index contributed by atoms with van der Waals surface area (Å²) < 4.78 is 0. The number of rotatable bonds is 6. The highest BCUT2D eigenvalue weighted by atomic mass is 32.2. The summed E-state index contributed by atoms with van der Waals surface area (Å²) in [7, 11) is 1.78. The fraction of sp³-hybridized carbons (Fsp3) is 0.294. The molecule has 116 valence electrons. The third-order valence-corrected chi connectivity index (χ3v) is 3.99. The molecule has 0 atom stereocenters. The summed E-state index contributed by atoms with van der Waals surface area (Å²) in [6, 6.07) is 14.5. The fourth-order valence-electron chi connectivity index (χ4n) is 2.00. The van der Waals surface area contributed by atoms with Crippen molar-refractivity contribution < 1.29 is 0 Å². The average Bonchev–Trinajstić information content (AvgIpc) is 2.59. The normalized spacial score (nSPS) is 11.3. The second kappa shape index (κ2) is 9.10. The number of benzene rings is 1. The Morgan fingerprint density at radius 1 is 1.14 bits per heavy atom. The lowest BCUT2D eigenvalue weighted by atomic mass is 10.2. The predicted octanol–water partition coefficient (Wildman–Crippen LogP) is 2.71. The third kappa shape index (κ3) is 5.41. The maximum atomic E-state index is 4.31. The van der Waals surface area contributed by atoms with Gasteiger partial charge in [0.15, 0.2) is 5.96 Å². The van der Waals surface area contributed by atoms with Crippen molar-refractivity contribution in [2.45, 2.75) is 17.9 Å². The van der Waals surface area contributed by atoms with Gasteiger partial charge in [-0.05, 0) is 36.1 Å². The van der Waals surface area contributed by atoms with Crippen LogP contribution in [0.3, 0.4) is 0 Å². The van der Waals surface area contributed by atoms with Gasteiger partial charge in [0.25, 0.3) is 0 Å². The van der Waals surface area contributed by atoms with Gasteiger partial charge >= 0.3 is 0 Å². The maximum Gasteiger partial charge on any atom is 0.191 e. The van der Waals surface area contributed by atoms with Gasteiger partial charge in [-0.1, -0.05) is 18.2 Å². The van der Waals surface area contributed by atoms with E-state index in [1.54, 1.807) is 18.8 Å². The second-order valence-electron chi connectivity index (χ2n) is 4.77. The van der Waals surface area contributed by atoms with Crippen LogP contribution in [0.15, 0.2) is 58.5 Å². The van der Waals surface area contributed by atoms with Crippen molar-refractivity contribution in [1.82, 2.24) is 15.6 Å². The summed E-state index contributed by atoms with van der Waals surface area (Å²) in [6.45, 7) is 1.57. The highest BCUT2D eigenvalue weighted by Gasteiger charge is 1.99. The SMILES string of the molecule is CN=C(NCCc1ccccn1)NCc1ccc(SC)cc1. The monoisotopic (exact) mass is 314 g/mol. The molecule has 0 unspecified atom stereocenters. The minimum atomic E-state index is 0.762. The molecule has 2 N–H and O–H groups in total. The highest BCUT2D eigenvalue weighted by molar-refractivity contribution is 7.98. The molecule has 0 radical (unpaired) electrons. The molecule has 0 fully saturated rings. The van der Waals surface area contributed by atoms with Crippen LogP contribution in [0.1, 0.15) is 11.3 Å². The van der Waals surface area contributed by atoms with Crippen molar-refractivity contribution in [3.63, 3.8) is 0 Å². The van der Waals surface area contributed by atoms with Gasteiger partial charge in [-0.15, -0.1) is 11.8 Å². The third-order valence-electron chi connectivity index (χ3n) is 3.24. The van der Waals surface area contributed by atoms with E-state index in [0.29, 0.717) is 0 Å². The number of nitrogens with one attached hydrogen (secondary N) is 2. The van der Waals surface area contributed by atoms with Crippen LogP contribution >= 0.6 is 11.8 Å². The number of hydrogen-bond acceptors (Lipinski definition) is 3. The number of aliphatic imine (C=N–C) groups is 1. The van der Waals surface area contributed by atoms with E-state index in [2.05, 4.69) is 51.1 Å². The van der Waals surface area contributed by atoms with E-state index in [9.17, 15) is 0 Å².